The van der Waals surface area contributed by atoms with Crippen LogP contribution >= 0.6 is 23.2 Å². The Kier molecular flexibility index (Phi) is 7.33. The minimum absolute atomic E-state index is 0.130. The normalized spacial score (nSPS) is 11.4. The number of hydrogen-bond acceptors (Lipinski definition) is 4. The van der Waals surface area contributed by atoms with Gasteiger partial charge < -0.3 is 4.74 Å². The van der Waals surface area contributed by atoms with Crippen LogP contribution < -0.4 is 10.2 Å². The Hall–Kier alpha value is -3.15. The highest BCUT2D eigenvalue weighted by atomic mass is 35.5. The molecule has 0 aliphatic heterocycles. The van der Waals surface area contributed by atoms with Crippen molar-refractivity contribution in [1.82, 2.24) is 5.43 Å². The van der Waals surface area contributed by atoms with Crippen LogP contribution in [-0.4, -0.2) is 23.5 Å². The van der Waals surface area contributed by atoms with Gasteiger partial charge in [0.15, 0.2) is 11.4 Å². The number of ether oxygens (including phenoxy) is 1. The lowest BCUT2D eigenvalue weighted by Crippen LogP contribution is -2.44. The largest absolute Gasteiger partial charge is 0.478 e. The van der Waals surface area contributed by atoms with E-state index >= 15 is 0 Å². The smallest absolute Gasteiger partial charge is 0.283 e. The van der Waals surface area contributed by atoms with Crippen molar-refractivity contribution in [2.45, 2.75) is 26.4 Å². The fourth-order valence-electron chi connectivity index (χ4n) is 2.82. The van der Waals surface area contributed by atoms with Gasteiger partial charge in [0.2, 0.25) is 0 Å². The van der Waals surface area contributed by atoms with E-state index in [0.717, 1.165) is 5.56 Å². The Bertz CT molecular complexity index is 1150. The summed E-state index contributed by atoms with van der Waals surface area (Å²) in [4.78, 5) is 25.1. The van der Waals surface area contributed by atoms with Gasteiger partial charge in [0, 0.05) is 26.7 Å². The lowest BCUT2D eigenvalue weighted by Gasteiger charge is -2.24. The van der Waals surface area contributed by atoms with Crippen molar-refractivity contribution in [2.24, 2.45) is 5.10 Å². The van der Waals surface area contributed by atoms with E-state index in [1.54, 1.807) is 62.4 Å². The number of nitrogens with zero attached hydrogens (tertiary/aromatic N) is 1. The Morgan fingerprint density at radius 2 is 1.53 bits per heavy atom. The number of nitrogens with one attached hydrogen (secondary N) is 1. The Balaban J connectivity index is 1.62. The molecule has 3 aromatic carbocycles. The summed E-state index contributed by atoms with van der Waals surface area (Å²) in [5, 5.41) is 5.09. The van der Waals surface area contributed by atoms with Gasteiger partial charge >= 0.3 is 0 Å². The van der Waals surface area contributed by atoms with Gasteiger partial charge in [-0.2, -0.15) is 5.10 Å². The number of rotatable bonds is 7. The maximum absolute atomic E-state index is 12.6. The van der Waals surface area contributed by atoms with Crippen LogP contribution in [0.5, 0.6) is 5.75 Å². The zero-order valence-corrected chi connectivity index (χ0v) is 19.4. The van der Waals surface area contributed by atoms with E-state index < -0.39 is 11.5 Å². The van der Waals surface area contributed by atoms with Crippen LogP contribution in [0.15, 0.2) is 71.8 Å². The molecule has 164 valence electrons. The first kappa shape index (κ1) is 23.5. The zero-order valence-electron chi connectivity index (χ0n) is 17.9. The third kappa shape index (κ3) is 5.96. The van der Waals surface area contributed by atoms with Crippen LogP contribution in [0.3, 0.4) is 0 Å². The summed E-state index contributed by atoms with van der Waals surface area (Å²) >= 11 is 12.0. The van der Waals surface area contributed by atoms with E-state index in [1.165, 1.54) is 6.21 Å². The molecule has 0 saturated heterocycles. The van der Waals surface area contributed by atoms with Gasteiger partial charge in [0.1, 0.15) is 5.75 Å². The maximum Gasteiger partial charge on any atom is 0.283 e. The number of benzene rings is 3. The predicted molar refractivity (Wildman–Crippen MR) is 128 cm³/mol. The van der Waals surface area contributed by atoms with Crippen molar-refractivity contribution in [3.05, 3.63) is 99.0 Å². The summed E-state index contributed by atoms with van der Waals surface area (Å²) in [5.74, 6) is -0.115. The molecule has 0 unspecified atom stereocenters. The van der Waals surface area contributed by atoms with Crippen LogP contribution in [0.4, 0.5) is 0 Å². The summed E-state index contributed by atoms with van der Waals surface area (Å²) in [6.07, 6.45) is 1.48. The van der Waals surface area contributed by atoms with E-state index in [0.29, 0.717) is 32.5 Å². The molecule has 5 nitrogen and oxygen atoms in total. The van der Waals surface area contributed by atoms with E-state index in [-0.39, 0.29) is 5.78 Å². The standard InChI is InChI=1S/C25H22Cl2N2O3/c1-16-4-5-19(22(27)14-16)15-28-29-24(31)25(2,3)32-21-12-8-18(9-13-21)23(30)17-6-10-20(26)11-7-17/h4-15H,1-3H3,(H,29,31)/b28-15+. The SMILES string of the molecule is Cc1ccc(/C=N/NC(=O)C(C)(C)Oc2ccc(C(=O)c3ccc(Cl)cc3)cc2)c(Cl)c1. The van der Waals surface area contributed by atoms with Gasteiger partial charge in [-0.05, 0) is 80.9 Å². The molecule has 0 radical (unpaired) electrons. The zero-order chi connectivity index (χ0) is 23.3. The molecule has 0 spiro atoms. The summed E-state index contributed by atoms with van der Waals surface area (Å²) in [5.41, 5.74) is 4.04. The number of hydrazone groups is 1. The molecule has 0 aliphatic carbocycles. The van der Waals surface area contributed by atoms with Crippen LogP contribution in [0, 0.1) is 6.92 Å². The van der Waals surface area contributed by atoms with Crippen LogP contribution in [0.1, 0.15) is 40.9 Å². The molecular formula is C25H22Cl2N2O3. The first-order valence-electron chi connectivity index (χ1n) is 9.85. The van der Waals surface area contributed by atoms with Crippen molar-refractivity contribution in [3.8, 4) is 5.75 Å². The predicted octanol–water partition coefficient (Wildman–Crippen LogP) is 5.84. The van der Waals surface area contributed by atoms with Gasteiger partial charge in [-0.1, -0.05) is 35.3 Å². The third-order valence-electron chi connectivity index (χ3n) is 4.67. The van der Waals surface area contributed by atoms with Crippen molar-refractivity contribution in [3.63, 3.8) is 0 Å². The highest BCUT2D eigenvalue weighted by Gasteiger charge is 2.30. The van der Waals surface area contributed by atoms with Gasteiger partial charge in [0.05, 0.1) is 6.21 Å². The molecular weight excluding hydrogens is 447 g/mol. The van der Waals surface area contributed by atoms with E-state index in [9.17, 15) is 9.59 Å². The van der Waals surface area contributed by atoms with Crippen LogP contribution in [0.25, 0.3) is 0 Å². The molecule has 1 amide bonds. The topological polar surface area (TPSA) is 67.8 Å². The quantitative estimate of drug-likeness (QED) is 0.269. The Morgan fingerprint density at radius 3 is 2.12 bits per heavy atom. The molecule has 7 heteroatoms. The van der Waals surface area contributed by atoms with Gasteiger partial charge in [-0.25, -0.2) is 5.43 Å². The number of ketones is 1. The molecule has 3 rings (SSSR count). The minimum atomic E-state index is -1.20. The van der Waals surface area contributed by atoms with Crippen LogP contribution in [0.2, 0.25) is 10.0 Å². The van der Waals surface area contributed by atoms with Gasteiger partial charge in [-0.15, -0.1) is 0 Å². The third-order valence-corrected chi connectivity index (χ3v) is 5.25. The van der Waals surface area contributed by atoms with Crippen molar-refractivity contribution >= 4 is 41.1 Å². The second-order valence-electron chi connectivity index (χ2n) is 7.70. The number of carbonyl (C=O) groups is 2. The summed E-state index contributed by atoms with van der Waals surface area (Å²) < 4.78 is 5.82. The van der Waals surface area contributed by atoms with Crippen molar-refractivity contribution in [2.75, 3.05) is 0 Å². The average molecular weight is 469 g/mol. The molecule has 0 fully saturated rings. The molecule has 0 aliphatic rings. The average Bonchev–Trinajstić information content (AvgIpc) is 2.75. The number of halogens is 2. The Morgan fingerprint density at radius 1 is 0.938 bits per heavy atom. The van der Waals surface area contributed by atoms with E-state index in [1.807, 2.05) is 25.1 Å². The van der Waals surface area contributed by atoms with Crippen molar-refractivity contribution in [1.29, 1.82) is 0 Å². The highest BCUT2D eigenvalue weighted by molar-refractivity contribution is 6.33. The summed E-state index contributed by atoms with van der Waals surface area (Å²) in [6, 6.07) is 18.8. The van der Waals surface area contributed by atoms with Crippen molar-refractivity contribution < 1.29 is 14.3 Å². The first-order valence-corrected chi connectivity index (χ1v) is 10.6. The molecule has 1 N–H and O–H groups in total. The molecule has 0 heterocycles. The Labute approximate surface area is 197 Å². The minimum Gasteiger partial charge on any atom is -0.478 e. The van der Waals surface area contributed by atoms with E-state index in [4.69, 9.17) is 27.9 Å². The lowest BCUT2D eigenvalue weighted by molar-refractivity contribution is -0.134. The van der Waals surface area contributed by atoms with E-state index in [2.05, 4.69) is 10.5 Å². The maximum atomic E-state index is 12.6. The summed E-state index contributed by atoms with van der Waals surface area (Å²) in [6.45, 7) is 5.20. The molecule has 3 aromatic rings. The number of hydrogen-bond donors (Lipinski definition) is 1. The fourth-order valence-corrected chi connectivity index (χ4v) is 3.23. The number of amides is 1. The summed E-state index contributed by atoms with van der Waals surface area (Å²) in [7, 11) is 0. The number of carbonyl (C=O) groups excluding carboxylic acids is 2. The molecule has 0 saturated carbocycles. The second kappa shape index (κ2) is 9.98. The fraction of sp³-hybridized carbons (Fsp3) is 0.160. The second-order valence-corrected chi connectivity index (χ2v) is 8.54. The van der Waals surface area contributed by atoms with Crippen LogP contribution in [-0.2, 0) is 4.79 Å². The molecule has 0 aromatic heterocycles. The first-order chi connectivity index (χ1) is 15.2. The highest BCUT2D eigenvalue weighted by Crippen LogP contribution is 2.21. The molecule has 0 atom stereocenters. The number of aryl methyl sites for hydroxylation is 1. The molecule has 0 bridgehead atoms. The van der Waals surface area contributed by atoms with Gasteiger partial charge in [-0.3, -0.25) is 9.59 Å². The monoisotopic (exact) mass is 468 g/mol. The lowest BCUT2D eigenvalue weighted by atomic mass is 10.0. The van der Waals surface area contributed by atoms with Gasteiger partial charge in [0.25, 0.3) is 5.91 Å². The molecule has 32 heavy (non-hydrogen) atoms.